The first-order valence-corrected chi connectivity index (χ1v) is 13.1. The zero-order valence-electron chi connectivity index (χ0n) is 20.2. The molecule has 0 radical (unpaired) electrons. The molecule has 1 saturated heterocycles. The van der Waals surface area contributed by atoms with Crippen molar-refractivity contribution in [3.8, 4) is 0 Å². The topological polar surface area (TPSA) is 119 Å². The highest BCUT2D eigenvalue weighted by Crippen LogP contribution is 2.24. The summed E-state index contributed by atoms with van der Waals surface area (Å²) in [6, 6.07) is 19.2. The maximum Gasteiger partial charge on any atom is 0.339 e. The lowest BCUT2D eigenvalue weighted by molar-refractivity contribution is -0.119. The summed E-state index contributed by atoms with van der Waals surface area (Å²) < 4.78 is 37.7. The first-order valence-electron chi connectivity index (χ1n) is 11.6. The average molecular weight is 523 g/mol. The molecule has 0 bridgehead atoms. The molecule has 1 aliphatic heterocycles. The van der Waals surface area contributed by atoms with Crippen molar-refractivity contribution in [2.45, 2.75) is 11.8 Å². The lowest BCUT2D eigenvalue weighted by Crippen LogP contribution is -2.40. The van der Waals surface area contributed by atoms with Gasteiger partial charge in [-0.25, -0.2) is 13.2 Å². The minimum Gasteiger partial charge on any atom is -0.452 e. The summed E-state index contributed by atoms with van der Waals surface area (Å²) >= 11 is 0. The van der Waals surface area contributed by atoms with E-state index in [1.165, 1.54) is 28.6 Å². The van der Waals surface area contributed by atoms with Crippen LogP contribution in [0.2, 0.25) is 0 Å². The second-order valence-electron chi connectivity index (χ2n) is 8.36. The zero-order valence-corrected chi connectivity index (χ0v) is 21.0. The van der Waals surface area contributed by atoms with E-state index >= 15 is 0 Å². The Balaban J connectivity index is 1.43. The van der Waals surface area contributed by atoms with E-state index in [9.17, 15) is 22.8 Å². The van der Waals surface area contributed by atoms with E-state index in [2.05, 4.69) is 5.32 Å². The number of carbonyl (C=O) groups is 3. The molecule has 1 amide bonds. The van der Waals surface area contributed by atoms with Gasteiger partial charge in [-0.05, 0) is 30.7 Å². The molecular formula is C27H26N2O7S. The van der Waals surface area contributed by atoms with E-state index in [1.807, 2.05) is 0 Å². The van der Waals surface area contributed by atoms with Crippen LogP contribution in [0.3, 0.4) is 0 Å². The summed E-state index contributed by atoms with van der Waals surface area (Å²) in [5, 5.41) is 2.60. The normalized spacial score (nSPS) is 14.1. The van der Waals surface area contributed by atoms with Gasteiger partial charge in [0.05, 0.1) is 23.7 Å². The molecule has 10 heteroatoms. The van der Waals surface area contributed by atoms with Gasteiger partial charge in [0.1, 0.15) is 0 Å². The highest BCUT2D eigenvalue weighted by Gasteiger charge is 2.27. The van der Waals surface area contributed by atoms with Crippen molar-refractivity contribution in [2.75, 3.05) is 38.2 Å². The van der Waals surface area contributed by atoms with Crippen LogP contribution in [0.25, 0.3) is 0 Å². The van der Waals surface area contributed by atoms with Gasteiger partial charge in [0.15, 0.2) is 12.4 Å². The van der Waals surface area contributed by atoms with Crippen LogP contribution >= 0.6 is 0 Å². The van der Waals surface area contributed by atoms with Crippen molar-refractivity contribution >= 4 is 33.4 Å². The van der Waals surface area contributed by atoms with E-state index < -0.39 is 28.5 Å². The van der Waals surface area contributed by atoms with Gasteiger partial charge in [-0.1, -0.05) is 54.6 Å². The SMILES string of the molecule is Cc1ccc(S(=O)(=O)N2CCOCC2)cc1NC(=O)COC(=O)c1ccccc1C(=O)c1ccccc1. The number of rotatable bonds is 8. The van der Waals surface area contributed by atoms with Gasteiger partial charge in [-0.2, -0.15) is 4.31 Å². The molecule has 1 aliphatic rings. The largest absolute Gasteiger partial charge is 0.452 e. The number of hydrogen-bond acceptors (Lipinski definition) is 7. The van der Waals surface area contributed by atoms with E-state index in [0.717, 1.165) is 0 Å². The fourth-order valence-electron chi connectivity index (χ4n) is 3.83. The molecular weight excluding hydrogens is 496 g/mol. The molecule has 0 spiro atoms. The Morgan fingerprint density at radius 1 is 0.919 bits per heavy atom. The average Bonchev–Trinajstić information content (AvgIpc) is 2.93. The Morgan fingerprint density at radius 3 is 2.27 bits per heavy atom. The highest BCUT2D eigenvalue weighted by molar-refractivity contribution is 7.89. The molecule has 192 valence electrons. The minimum absolute atomic E-state index is 0.0407. The molecule has 37 heavy (non-hydrogen) atoms. The number of carbonyl (C=O) groups excluding carboxylic acids is 3. The van der Waals surface area contributed by atoms with Crippen LogP contribution < -0.4 is 5.32 Å². The Bertz CT molecular complexity index is 1420. The van der Waals surface area contributed by atoms with Gasteiger partial charge in [-0.3, -0.25) is 9.59 Å². The second kappa shape index (κ2) is 11.5. The number of benzene rings is 3. The quantitative estimate of drug-likeness (QED) is 0.357. The third kappa shape index (κ3) is 6.11. The number of anilines is 1. The summed E-state index contributed by atoms with van der Waals surface area (Å²) in [7, 11) is -3.75. The summed E-state index contributed by atoms with van der Waals surface area (Å²) in [4.78, 5) is 38.2. The molecule has 0 saturated carbocycles. The monoisotopic (exact) mass is 522 g/mol. The third-order valence-corrected chi connectivity index (χ3v) is 7.75. The van der Waals surface area contributed by atoms with Gasteiger partial charge >= 0.3 is 5.97 Å². The maximum atomic E-state index is 13.0. The Kier molecular flexibility index (Phi) is 8.12. The van der Waals surface area contributed by atoms with Crippen molar-refractivity contribution in [1.29, 1.82) is 0 Å². The van der Waals surface area contributed by atoms with Gasteiger partial charge in [0, 0.05) is 29.9 Å². The van der Waals surface area contributed by atoms with E-state index in [1.54, 1.807) is 55.5 Å². The number of hydrogen-bond donors (Lipinski definition) is 1. The number of amides is 1. The van der Waals surface area contributed by atoms with Crippen LogP contribution in [0.1, 0.15) is 31.8 Å². The van der Waals surface area contributed by atoms with Crippen molar-refractivity contribution < 1.29 is 32.3 Å². The van der Waals surface area contributed by atoms with Gasteiger partial charge in [0.25, 0.3) is 5.91 Å². The summed E-state index contributed by atoms with van der Waals surface area (Å²) in [5.74, 6) is -1.81. The van der Waals surface area contributed by atoms with Crippen molar-refractivity contribution in [1.82, 2.24) is 4.31 Å². The maximum absolute atomic E-state index is 13.0. The zero-order chi connectivity index (χ0) is 26.4. The number of nitrogens with one attached hydrogen (secondary N) is 1. The molecule has 0 atom stereocenters. The molecule has 3 aromatic rings. The number of sulfonamides is 1. The first kappa shape index (κ1) is 26.2. The standard InChI is InChI=1S/C27H26N2O7S/c1-19-11-12-21(37(33,34)29-13-15-35-16-14-29)17-24(19)28-25(30)18-36-27(32)23-10-6-5-9-22(23)26(31)20-7-3-2-4-8-20/h2-12,17H,13-16,18H2,1H3,(H,28,30). The summed E-state index contributed by atoms with van der Waals surface area (Å²) in [5.41, 5.74) is 1.55. The number of ether oxygens (including phenoxy) is 2. The molecule has 0 unspecified atom stereocenters. The molecule has 1 fully saturated rings. The summed E-state index contributed by atoms with van der Waals surface area (Å²) in [6.45, 7) is 2.25. The molecule has 1 heterocycles. The fourth-order valence-corrected chi connectivity index (χ4v) is 5.27. The van der Waals surface area contributed by atoms with Gasteiger partial charge in [-0.15, -0.1) is 0 Å². The van der Waals surface area contributed by atoms with Crippen LogP contribution in [0.5, 0.6) is 0 Å². The second-order valence-corrected chi connectivity index (χ2v) is 10.3. The van der Waals surface area contributed by atoms with E-state index in [0.29, 0.717) is 24.3 Å². The fraction of sp³-hybridized carbons (Fsp3) is 0.222. The van der Waals surface area contributed by atoms with E-state index in [-0.39, 0.29) is 40.6 Å². The summed E-state index contributed by atoms with van der Waals surface area (Å²) in [6.07, 6.45) is 0. The van der Waals surface area contributed by atoms with Gasteiger partial charge < -0.3 is 14.8 Å². The molecule has 0 aromatic heterocycles. The third-order valence-electron chi connectivity index (χ3n) is 5.85. The predicted molar refractivity (Wildman–Crippen MR) is 136 cm³/mol. The number of nitrogens with zero attached hydrogens (tertiary/aromatic N) is 1. The molecule has 3 aromatic carbocycles. The predicted octanol–water partition coefficient (Wildman–Crippen LogP) is 3.04. The van der Waals surface area contributed by atoms with Gasteiger partial charge in [0.2, 0.25) is 10.0 Å². The Labute approximate surface area is 215 Å². The lowest BCUT2D eigenvalue weighted by Gasteiger charge is -2.26. The number of morpholine rings is 1. The smallest absolute Gasteiger partial charge is 0.339 e. The molecule has 9 nitrogen and oxygen atoms in total. The minimum atomic E-state index is -3.75. The number of esters is 1. The lowest BCUT2D eigenvalue weighted by atomic mass is 9.98. The van der Waals surface area contributed by atoms with Crippen molar-refractivity contribution in [2.24, 2.45) is 0 Å². The molecule has 1 N–H and O–H groups in total. The Morgan fingerprint density at radius 2 is 1.57 bits per heavy atom. The van der Waals surface area contributed by atoms with Crippen molar-refractivity contribution in [3.63, 3.8) is 0 Å². The highest BCUT2D eigenvalue weighted by atomic mass is 32.2. The molecule has 4 rings (SSSR count). The molecule has 0 aliphatic carbocycles. The van der Waals surface area contributed by atoms with Crippen molar-refractivity contribution in [3.05, 3.63) is 95.1 Å². The van der Waals surface area contributed by atoms with Crippen LogP contribution in [0.15, 0.2) is 77.7 Å². The van der Waals surface area contributed by atoms with Crippen LogP contribution in [0, 0.1) is 6.92 Å². The number of ketones is 1. The van der Waals surface area contributed by atoms with Crippen LogP contribution in [-0.4, -0.2) is 63.3 Å². The van der Waals surface area contributed by atoms with Crippen LogP contribution in [-0.2, 0) is 24.3 Å². The Hall–Kier alpha value is -3.86. The number of aryl methyl sites for hydroxylation is 1. The van der Waals surface area contributed by atoms with Crippen LogP contribution in [0.4, 0.5) is 5.69 Å². The van der Waals surface area contributed by atoms with E-state index in [4.69, 9.17) is 9.47 Å². The first-order chi connectivity index (χ1) is 17.8.